The Balaban J connectivity index is 1.87. The van der Waals surface area contributed by atoms with E-state index in [9.17, 15) is 9.59 Å². The van der Waals surface area contributed by atoms with Crippen molar-refractivity contribution in [3.8, 4) is 17.2 Å². The van der Waals surface area contributed by atoms with Crippen LogP contribution in [0.25, 0.3) is 0 Å². The first-order valence-corrected chi connectivity index (χ1v) is 9.60. The second-order valence-electron chi connectivity index (χ2n) is 6.58. The molecular formula is C22H26N2O5. The summed E-state index contributed by atoms with van der Waals surface area (Å²) in [6.45, 7) is 4.95. The average molecular weight is 398 g/mol. The molecule has 2 aromatic carbocycles. The molecule has 29 heavy (non-hydrogen) atoms. The number of likely N-dealkylation sites (N-methyl/N-ethyl adjacent to an activating group) is 1. The van der Waals surface area contributed by atoms with Crippen LogP contribution in [-0.4, -0.2) is 56.2 Å². The smallest absolute Gasteiger partial charge is 0.271 e. The number of amides is 2. The van der Waals surface area contributed by atoms with Crippen molar-refractivity contribution in [3.05, 3.63) is 48.5 Å². The van der Waals surface area contributed by atoms with Crippen molar-refractivity contribution in [1.82, 2.24) is 4.90 Å². The molecule has 0 aromatic heterocycles. The summed E-state index contributed by atoms with van der Waals surface area (Å²) >= 11 is 0. The van der Waals surface area contributed by atoms with Crippen molar-refractivity contribution in [2.45, 2.75) is 26.0 Å². The van der Waals surface area contributed by atoms with Crippen LogP contribution in [0.1, 0.15) is 13.8 Å². The van der Waals surface area contributed by atoms with Crippen molar-refractivity contribution in [2.75, 3.05) is 32.2 Å². The molecule has 3 rings (SSSR count). The van der Waals surface area contributed by atoms with E-state index in [1.165, 1.54) is 4.90 Å². The third-order valence-corrected chi connectivity index (χ3v) is 5.05. The van der Waals surface area contributed by atoms with Gasteiger partial charge in [0.05, 0.1) is 14.2 Å². The van der Waals surface area contributed by atoms with E-state index in [2.05, 4.69) is 0 Å². The van der Waals surface area contributed by atoms with Crippen LogP contribution in [0, 0.1) is 0 Å². The molecule has 1 aliphatic rings. The van der Waals surface area contributed by atoms with Crippen LogP contribution in [0.2, 0.25) is 0 Å². The Morgan fingerprint density at radius 1 is 0.897 bits per heavy atom. The maximum absolute atomic E-state index is 13.1. The predicted octanol–water partition coefficient (Wildman–Crippen LogP) is 2.74. The highest BCUT2D eigenvalue weighted by Gasteiger charge is 2.55. The predicted molar refractivity (Wildman–Crippen MR) is 110 cm³/mol. The molecule has 2 aromatic rings. The van der Waals surface area contributed by atoms with E-state index >= 15 is 0 Å². The fraction of sp³-hybridized carbons (Fsp3) is 0.364. The van der Waals surface area contributed by atoms with Crippen molar-refractivity contribution in [2.24, 2.45) is 0 Å². The first-order chi connectivity index (χ1) is 14.0. The van der Waals surface area contributed by atoms with Crippen LogP contribution in [-0.2, 0) is 9.59 Å². The number of β-lactam (4-membered cyclic amide) rings is 1. The Hall–Kier alpha value is -3.22. The monoisotopic (exact) mass is 398 g/mol. The summed E-state index contributed by atoms with van der Waals surface area (Å²) in [5.74, 6) is 1.49. The van der Waals surface area contributed by atoms with Gasteiger partial charge in [0.1, 0.15) is 17.2 Å². The molecule has 154 valence electrons. The molecule has 0 radical (unpaired) electrons. The van der Waals surface area contributed by atoms with Crippen LogP contribution in [0.15, 0.2) is 48.5 Å². The number of hydrogen-bond acceptors (Lipinski definition) is 5. The molecule has 1 aliphatic heterocycles. The molecule has 0 bridgehead atoms. The Morgan fingerprint density at radius 3 is 1.86 bits per heavy atom. The van der Waals surface area contributed by atoms with E-state index in [0.29, 0.717) is 36.0 Å². The number of nitrogens with zero attached hydrogens (tertiary/aromatic N) is 2. The second kappa shape index (κ2) is 8.86. The maximum atomic E-state index is 13.1. The van der Waals surface area contributed by atoms with Crippen molar-refractivity contribution in [1.29, 1.82) is 0 Å². The van der Waals surface area contributed by atoms with E-state index < -0.39 is 12.1 Å². The van der Waals surface area contributed by atoms with E-state index in [4.69, 9.17) is 14.2 Å². The summed E-state index contributed by atoms with van der Waals surface area (Å²) in [5.41, 5.74) is 0.635. The van der Waals surface area contributed by atoms with Crippen molar-refractivity contribution in [3.63, 3.8) is 0 Å². The molecule has 7 nitrogen and oxygen atoms in total. The molecule has 1 saturated heterocycles. The standard InChI is InChI=1S/C22H26N2O5/c1-5-23(6-2)21(25)19-20(29-18-13-11-17(28-4)12-14-18)22(26)24(19)15-7-9-16(27-3)10-8-15/h7-14,19-20H,5-6H2,1-4H3/t19-,20-/m0/s1. The van der Waals surface area contributed by atoms with Gasteiger partial charge in [-0.25, -0.2) is 0 Å². The first kappa shape index (κ1) is 20.5. The summed E-state index contributed by atoms with van der Waals surface area (Å²) in [6.07, 6.45) is -0.876. The van der Waals surface area contributed by atoms with E-state index in [-0.39, 0.29) is 11.8 Å². The Bertz CT molecular complexity index is 847. The molecule has 1 fully saturated rings. The van der Waals surface area contributed by atoms with Crippen molar-refractivity contribution >= 4 is 17.5 Å². The van der Waals surface area contributed by atoms with Crippen LogP contribution in [0.3, 0.4) is 0 Å². The average Bonchev–Trinajstić information content (AvgIpc) is 2.76. The van der Waals surface area contributed by atoms with Gasteiger partial charge in [-0.1, -0.05) is 0 Å². The topological polar surface area (TPSA) is 68.3 Å². The van der Waals surface area contributed by atoms with Crippen LogP contribution < -0.4 is 19.1 Å². The first-order valence-electron chi connectivity index (χ1n) is 9.60. The second-order valence-corrected chi connectivity index (χ2v) is 6.58. The molecular weight excluding hydrogens is 372 g/mol. The molecule has 0 spiro atoms. The minimum Gasteiger partial charge on any atom is -0.497 e. The van der Waals surface area contributed by atoms with Gasteiger partial charge in [0.15, 0.2) is 6.04 Å². The number of carbonyl (C=O) groups is 2. The summed E-state index contributed by atoms with van der Waals surface area (Å²) < 4.78 is 16.2. The highest BCUT2D eigenvalue weighted by Crippen LogP contribution is 2.33. The van der Waals surface area contributed by atoms with Gasteiger partial charge in [0, 0.05) is 18.8 Å². The maximum Gasteiger partial charge on any atom is 0.271 e. The summed E-state index contributed by atoms with van der Waals surface area (Å²) in [5, 5.41) is 0. The Kier molecular flexibility index (Phi) is 6.26. The highest BCUT2D eigenvalue weighted by atomic mass is 16.5. The highest BCUT2D eigenvalue weighted by molar-refractivity contribution is 6.13. The number of rotatable bonds is 8. The van der Waals surface area contributed by atoms with Crippen LogP contribution >= 0.6 is 0 Å². The van der Waals surface area contributed by atoms with E-state index in [0.717, 1.165) is 0 Å². The zero-order valence-corrected chi connectivity index (χ0v) is 17.1. The molecule has 7 heteroatoms. The van der Waals surface area contributed by atoms with E-state index in [1.54, 1.807) is 67.7 Å². The van der Waals surface area contributed by atoms with E-state index in [1.807, 2.05) is 13.8 Å². The number of hydrogen-bond donors (Lipinski definition) is 0. The fourth-order valence-corrected chi connectivity index (χ4v) is 3.37. The zero-order chi connectivity index (χ0) is 21.0. The third-order valence-electron chi connectivity index (χ3n) is 5.05. The lowest BCUT2D eigenvalue weighted by Gasteiger charge is -2.46. The quantitative estimate of drug-likeness (QED) is 0.640. The number of carbonyl (C=O) groups excluding carboxylic acids is 2. The lowest BCUT2D eigenvalue weighted by Crippen LogP contribution is -2.72. The van der Waals surface area contributed by atoms with Crippen LogP contribution in [0.4, 0.5) is 5.69 Å². The van der Waals surface area contributed by atoms with Gasteiger partial charge in [-0.3, -0.25) is 14.5 Å². The summed E-state index contributed by atoms with van der Waals surface area (Å²) in [6, 6.07) is 13.3. The normalized spacial score (nSPS) is 18.1. The molecule has 0 N–H and O–H groups in total. The molecule has 0 aliphatic carbocycles. The number of anilines is 1. The Labute approximate surface area is 170 Å². The SMILES string of the molecule is CCN(CC)C(=O)[C@@H]1[C@H](Oc2ccc(OC)cc2)C(=O)N1c1ccc(OC)cc1. The van der Waals surface area contributed by atoms with Gasteiger partial charge in [0.25, 0.3) is 5.91 Å². The molecule has 0 saturated carbocycles. The minimum atomic E-state index is -0.876. The largest absolute Gasteiger partial charge is 0.497 e. The minimum absolute atomic E-state index is 0.135. The Morgan fingerprint density at radius 2 is 1.38 bits per heavy atom. The van der Waals surface area contributed by atoms with Gasteiger partial charge in [-0.15, -0.1) is 0 Å². The third kappa shape index (κ3) is 3.99. The van der Waals surface area contributed by atoms with Crippen molar-refractivity contribution < 1.29 is 23.8 Å². The fourth-order valence-electron chi connectivity index (χ4n) is 3.37. The van der Waals surface area contributed by atoms with Gasteiger partial charge in [-0.2, -0.15) is 0 Å². The van der Waals surface area contributed by atoms with Crippen LogP contribution in [0.5, 0.6) is 17.2 Å². The molecule has 2 amide bonds. The summed E-state index contributed by atoms with van der Waals surface area (Å²) in [4.78, 5) is 29.3. The number of methoxy groups -OCH3 is 2. The summed E-state index contributed by atoms with van der Waals surface area (Å²) in [7, 11) is 3.16. The lowest BCUT2D eigenvalue weighted by atomic mass is 9.94. The van der Waals surface area contributed by atoms with Gasteiger partial charge in [0.2, 0.25) is 12.0 Å². The molecule has 0 unspecified atom stereocenters. The van der Waals surface area contributed by atoms with Gasteiger partial charge >= 0.3 is 0 Å². The van der Waals surface area contributed by atoms with Gasteiger partial charge in [-0.05, 0) is 62.4 Å². The zero-order valence-electron chi connectivity index (χ0n) is 17.1. The molecule has 1 heterocycles. The van der Waals surface area contributed by atoms with Gasteiger partial charge < -0.3 is 19.1 Å². The molecule has 2 atom stereocenters. The number of ether oxygens (including phenoxy) is 3. The lowest BCUT2D eigenvalue weighted by molar-refractivity contribution is -0.148. The number of benzene rings is 2.